The predicted molar refractivity (Wildman–Crippen MR) is 82.9 cm³/mol. The predicted octanol–water partition coefficient (Wildman–Crippen LogP) is 2.41. The number of rotatable bonds is 5. The number of nitrogen functional groups attached to an aromatic ring is 1. The van der Waals surface area contributed by atoms with Gasteiger partial charge in [-0.25, -0.2) is 13.1 Å². The molecule has 112 valence electrons. The molecule has 0 spiro atoms. The summed E-state index contributed by atoms with van der Waals surface area (Å²) in [5.41, 5.74) is 7.02. The maximum atomic E-state index is 11.7. The number of benzene rings is 2. The first-order chi connectivity index (χ1) is 9.92. The number of hydrogen-bond donors (Lipinski definition) is 2. The van der Waals surface area contributed by atoms with E-state index in [0.717, 1.165) is 5.56 Å². The van der Waals surface area contributed by atoms with E-state index in [0.29, 0.717) is 17.4 Å². The molecular formula is C14H15ClN2O3S. The summed E-state index contributed by atoms with van der Waals surface area (Å²) in [6.45, 7) is 0.319. The van der Waals surface area contributed by atoms with Gasteiger partial charge in [0.25, 0.3) is 0 Å². The summed E-state index contributed by atoms with van der Waals surface area (Å²) >= 11 is 5.80. The Morgan fingerprint density at radius 3 is 2.43 bits per heavy atom. The van der Waals surface area contributed by atoms with E-state index in [-0.39, 0.29) is 10.6 Å². The molecule has 0 saturated carbocycles. The van der Waals surface area contributed by atoms with Gasteiger partial charge in [-0.1, -0.05) is 23.7 Å². The Morgan fingerprint density at radius 2 is 1.86 bits per heavy atom. The molecule has 0 fully saturated rings. The minimum atomic E-state index is -3.51. The first-order valence-corrected chi connectivity index (χ1v) is 7.99. The first kappa shape index (κ1) is 15.6. The number of sulfonamides is 1. The molecule has 5 nitrogen and oxygen atoms in total. The maximum Gasteiger partial charge on any atom is 0.240 e. The minimum Gasteiger partial charge on any atom is -0.487 e. The van der Waals surface area contributed by atoms with Crippen LogP contribution >= 0.6 is 11.6 Å². The lowest BCUT2D eigenvalue weighted by atomic mass is 10.2. The van der Waals surface area contributed by atoms with Crippen LogP contribution < -0.4 is 15.2 Å². The Kier molecular flexibility index (Phi) is 4.72. The van der Waals surface area contributed by atoms with Crippen LogP contribution in [-0.2, 0) is 16.6 Å². The summed E-state index contributed by atoms with van der Waals surface area (Å²) in [6.07, 6.45) is 0. The molecule has 0 saturated heterocycles. The summed E-state index contributed by atoms with van der Waals surface area (Å²) in [6, 6.07) is 11.6. The van der Waals surface area contributed by atoms with Gasteiger partial charge in [0, 0.05) is 5.02 Å². The van der Waals surface area contributed by atoms with Crippen LogP contribution in [-0.4, -0.2) is 15.5 Å². The molecule has 0 aliphatic carbocycles. The summed E-state index contributed by atoms with van der Waals surface area (Å²) < 4.78 is 31.1. The first-order valence-electron chi connectivity index (χ1n) is 6.12. The molecule has 2 aromatic carbocycles. The highest BCUT2D eigenvalue weighted by molar-refractivity contribution is 7.89. The van der Waals surface area contributed by atoms with Crippen molar-refractivity contribution in [3.05, 3.63) is 53.1 Å². The molecule has 7 heteroatoms. The summed E-state index contributed by atoms with van der Waals surface area (Å²) in [4.78, 5) is 0.0985. The van der Waals surface area contributed by atoms with E-state index in [1.165, 1.54) is 25.2 Å². The van der Waals surface area contributed by atoms with Crippen molar-refractivity contribution in [1.82, 2.24) is 4.72 Å². The number of ether oxygens (including phenoxy) is 1. The zero-order chi connectivity index (χ0) is 15.5. The zero-order valence-electron chi connectivity index (χ0n) is 11.3. The van der Waals surface area contributed by atoms with Crippen LogP contribution in [0.5, 0.6) is 5.75 Å². The van der Waals surface area contributed by atoms with E-state index in [9.17, 15) is 8.42 Å². The molecule has 2 rings (SSSR count). The van der Waals surface area contributed by atoms with Crippen molar-refractivity contribution in [2.75, 3.05) is 12.8 Å². The molecule has 0 bridgehead atoms. The van der Waals surface area contributed by atoms with Gasteiger partial charge in [0.2, 0.25) is 10.0 Å². The largest absolute Gasteiger partial charge is 0.487 e. The Balaban J connectivity index is 2.13. The van der Waals surface area contributed by atoms with Gasteiger partial charge in [0.05, 0.1) is 10.6 Å². The quantitative estimate of drug-likeness (QED) is 0.827. The Morgan fingerprint density at radius 1 is 1.19 bits per heavy atom. The number of nitrogens with one attached hydrogen (secondary N) is 1. The Bertz CT molecular complexity index is 730. The third-order valence-electron chi connectivity index (χ3n) is 2.87. The van der Waals surface area contributed by atoms with Gasteiger partial charge in [0.1, 0.15) is 12.4 Å². The van der Waals surface area contributed by atoms with E-state index in [1.807, 2.05) is 12.1 Å². The second-order valence-electron chi connectivity index (χ2n) is 4.32. The molecule has 21 heavy (non-hydrogen) atoms. The topological polar surface area (TPSA) is 81.4 Å². The Hall–Kier alpha value is -1.76. The lowest BCUT2D eigenvalue weighted by Gasteiger charge is -2.10. The van der Waals surface area contributed by atoms with Gasteiger partial charge in [-0.3, -0.25) is 0 Å². The van der Waals surface area contributed by atoms with Gasteiger partial charge in [-0.2, -0.15) is 0 Å². The van der Waals surface area contributed by atoms with Crippen molar-refractivity contribution in [2.45, 2.75) is 11.5 Å². The molecule has 0 aliphatic heterocycles. The lowest BCUT2D eigenvalue weighted by Crippen LogP contribution is -2.18. The number of hydrogen-bond acceptors (Lipinski definition) is 4. The zero-order valence-corrected chi connectivity index (χ0v) is 12.9. The highest BCUT2D eigenvalue weighted by Crippen LogP contribution is 2.25. The second kappa shape index (κ2) is 6.34. The molecular weight excluding hydrogens is 312 g/mol. The third-order valence-corrected chi connectivity index (χ3v) is 4.53. The van der Waals surface area contributed by atoms with Crippen molar-refractivity contribution in [3.63, 3.8) is 0 Å². The molecule has 3 N–H and O–H groups in total. The third kappa shape index (κ3) is 3.87. The van der Waals surface area contributed by atoms with E-state index in [1.54, 1.807) is 12.1 Å². The van der Waals surface area contributed by atoms with Gasteiger partial charge >= 0.3 is 0 Å². The molecule has 0 radical (unpaired) electrons. The molecule has 0 unspecified atom stereocenters. The van der Waals surface area contributed by atoms with Gasteiger partial charge in [0.15, 0.2) is 0 Å². The van der Waals surface area contributed by atoms with Crippen LogP contribution in [0.15, 0.2) is 47.4 Å². The van der Waals surface area contributed by atoms with Crippen LogP contribution in [0.2, 0.25) is 5.02 Å². The average molecular weight is 327 g/mol. The van der Waals surface area contributed by atoms with E-state index < -0.39 is 10.0 Å². The molecule has 0 heterocycles. The SMILES string of the molecule is CNS(=O)(=O)c1ccc(OCc2ccc(Cl)cc2)c(N)c1. The minimum absolute atomic E-state index is 0.0985. The van der Waals surface area contributed by atoms with Gasteiger partial charge in [-0.15, -0.1) is 0 Å². The second-order valence-corrected chi connectivity index (χ2v) is 6.65. The van der Waals surface area contributed by atoms with Crippen molar-refractivity contribution < 1.29 is 13.2 Å². The highest BCUT2D eigenvalue weighted by atomic mass is 35.5. The Labute approximate surface area is 128 Å². The molecule has 0 atom stereocenters. The van der Waals surface area contributed by atoms with Crippen LogP contribution in [0.25, 0.3) is 0 Å². The van der Waals surface area contributed by atoms with Crippen molar-refractivity contribution >= 4 is 27.3 Å². The molecule has 2 aromatic rings. The molecule has 0 amide bonds. The molecule has 0 aromatic heterocycles. The van der Waals surface area contributed by atoms with Gasteiger partial charge in [-0.05, 0) is 42.9 Å². The highest BCUT2D eigenvalue weighted by Gasteiger charge is 2.13. The van der Waals surface area contributed by atoms with Crippen molar-refractivity contribution in [2.24, 2.45) is 0 Å². The normalized spacial score (nSPS) is 11.3. The summed E-state index contributed by atoms with van der Waals surface area (Å²) in [5.74, 6) is 0.431. The van der Waals surface area contributed by atoms with Crippen LogP contribution in [0.4, 0.5) is 5.69 Å². The monoisotopic (exact) mass is 326 g/mol. The maximum absolute atomic E-state index is 11.7. The summed E-state index contributed by atoms with van der Waals surface area (Å²) in [5, 5.41) is 0.653. The van der Waals surface area contributed by atoms with Crippen molar-refractivity contribution in [1.29, 1.82) is 0 Å². The van der Waals surface area contributed by atoms with Crippen LogP contribution in [0.1, 0.15) is 5.56 Å². The fraction of sp³-hybridized carbons (Fsp3) is 0.143. The lowest BCUT2D eigenvalue weighted by molar-refractivity contribution is 0.308. The fourth-order valence-electron chi connectivity index (χ4n) is 1.68. The number of halogens is 1. The standard InChI is InChI=1S/C14H15ClN2O3S/c1-17-21(18,19)12-6-7-14(13(16)8-12)20-9-10-2-4-11(15)5-3-10/h2-8,17H,9,16H2,1H3. The average Bonchev–Trinajstić information content (AvgIpc) is 2.47. The number of anilines is 1. The van der Waals surface area contributed by atoms with Crippen molar-refractivity contribution in [3.8, 4) is 5.75 Å². The smallest absolute Gasteiger partial charge is 0.240 e. The molecule has 0 aliphatic rings. The van der Waals surface area contributed by atoms with Crippen LogP contribution in [0.3, 0.4) is 0 Å². The van der Waals surface area contributed by atoms with E-state index in [2.05, 4.69) is 4.72 Å². The van der Waals surface area contributed by atoms with E-state index >= 15 is 0 Å². The fourth-order valence-corrected chi connectivity index (χ4v) is 2.58. The number of nitrogens with two attached hydrogens (primary N) is 1. The van der Waals surface area contributed by atoms with Gasteiger partial charge < -0.3 is 10.5 Å². The summed E-state index contributed by atoms with van der Waals surface area (Å²) in [7, 11) is -2.17. The van der Waals surface area contributed by atoms with Crippen LogP contribution in [0, 0.1) is 0 Å². The van der Waals surface area contributed by atoms with E-state index in [4.69, 9.17) is 22.1 Å².